The van der Waals surface area contributed by atoms with Gasteiger partial charge in [-0.25, -0.2) is 8.78 Å². The van der Waals surface area contributed by atoms with E-state index in [2.05, 4.69) is 0 Å². The van der Waals surface area contributed by atoms with E-state index in [1.54, 1.807) is 0 Å². The molecule has 0 aliphatic carbocycles. The van der Waals surface area contributed by atoms with E-state index < -0.39 is 30.1 Å². The van der Waals surface area contributed by atoms with Crippen molar-refractivity contribution in [3.05, 3.63) is 0 Å². The third kappa shape index (κ3) is 1.11. The molecule has 76 valence electrons. The van der Waals surface area contributed by atoms with Crippen LogP contribution in [-0.2, 0) is 0 Å². The molecule has 5 heteroatoms. The monoisotopic (exact) mass is 193 g/mol. The normalized spacial score (nSPS) is 49.6. The minimum absolute atomic E-state index is 0.158. The smallest absolute Gasteiger partial charge is 0.269 e. The Morgan fingerprint density at radius 2 is 1.92 bits per heavy atom. The molecule has 0 radical (unpaired) electrons. The van der Waals surface area contributed by atoms with E-state index in [-0.39, 0.29) is 13.1 Å². The lowest BCUT2D eigenvalue weighted by atomic mass is 9.98. The highest BCUT2D eigenvalue weighted by molar-refractivity contribution is 5.08. The van der Waals surface area contributed by atoms with E-state index in [1.165, 1.54) is 11.8 Å². The Bertz CT molecular complexity index is 224. The highest BCUT2D eigenvalue weighted by Crippen LogP contribution is 2.43. The van der Waals surface area contributed by atoms with E-state index in [0.29, 0.717) is 0 Å². The van der Waals surface area contributed by atoms with Gasteiger partial charge in [0.25, 0.3) is 5.92 Å². The fourth-order valence-electron chi connectivity index (χ4n) is 2.31. The zero-order valence-corrected chi connectivity index (χ0v) is 7.32. The van der Waals surface area contributed by atoms with Crippen molar-refractivity contribution in [2.75, 3.05) is 13.1 Å². The first-order valence-corrected chi connectivity index (χ1v) is 4.42. The van der Waals surface area contributed by atoms with Gasteiger partial charge in [0.2, 0.25) is 0 Å². The summed E-state index contributed by atoms with van der Waals surface area (Å²) < 4.78 is 26.8. The topological polar surface area (TPSA) is 43.7 Å². The van der Waals surface area contributed by atoms with E-state index in [0.717, 1.165) is 0 Å². The van der Waals surface area contributed by atoms with Crippen LogP contribution in [-0.4, -0.2) is 52.4 Å². The molecule has 0 spiro atoms. The molecule has 0 aromatic carbocycles. The van der Waals surface area contributed by atoms with Crippen molar-refractivity contribution in [1.29, 1.82) is 0 Å². The van der Waals surface area contributed by atoms with Crippen LogP contribution in [0.3, 0.4) is 0 Å². The summed E-state index contributed by atoms with van der Waals surface area (Å²) in [5, 5.41) is 18.5. The van der Waals surface area contributed by atoms with Gasteiger partial charge in [0.15, 0.2) is 0 Å². The fraction of sp³-hybridized carbons (Fsp3) is 1.00. The minimum Gasteiger partial charge on any atom is -0.389 e. The third-order valence-corrected chi connectivity index (χ3v) is 3.09. The molecule has 4 atom stereocenters. The van der Waals surface area contributed by atoms with Crippen molar-refractivity contribution in [2.45, 2.75) is 31.1 Å². The van der Waals surface area contributed by atoms with Crippen molar-refractivity contribution in [1.82, 2.24) is 4.90 Å². The van der Waals surface area contributed by atoms with Gasteiger partial charge in [0.1, 0.15) is 12.1 Å². The number of alkyl halides is 2. The SMILES string of the molecule is CC1CN2CC(O)C(O)C2C1(F)F. The van der Waals surface area contributed by atoms with Crippen LogP contribution in [0.5, 0.6) is 0 Å². The van der Waals surface area contributed by atoms with Crippen molar-refractivity contribution < 1.29 is 19.0 Å². The van der Waals surface area contributed by atoms with Crippen molar-refractivity contribution in [2.24, 2.45) is 5.92 Å². The van der Waals surface area contributed by atoms with Crippen LogP contribution < -0.4 is 0 Å². The first-order valence-electron chi connectivity index (χ1n) is 4.42. The molecule has 13 heavy (non-hydrogen) atoms. The van der Waals surface area contributed by atoms with Crippen molar-refractivity contribution in [3.63, 3.8) is 0 Å². The molecule has 2 aliphatic heterocycles. The summed E-state index contributed by atoms with van der Waals surface area (Å²) in [5.41, 5.74) is 0. The summed E-state index contributed by atoms with van der Waals surface area (Å²) in [6, 6.07) is -1.18. The highest BCUT2D eigenvalue weighted by Gasteiger charge is 2.61. The number of halogens is 2. The minimum atomic E-state index is -2.88. The predicted molar refractivity (Wildman–Crippen MR) is 41.5 cm³/mol. The van der Waals surface area contributed by atoms with E-state index in [9.17, 15) is 19.0 Å². The van der Waals surface area contributed by atoms with Crippen LogP contribution in [0, 0.1) is 5.92 Å². The molecule has 2 aliphatic rings. The molecular weight excluding hydrogens is 180 g/mol. The number of hydrogen-bond acceptors (Lipinski definition) is 3. The summed E-state index contributed by atoms with van der Waals surface area (Å²) in [7, 11) is 0. The molecule has 2 rings (SSSR count). The molecule has 4 unspecified atom stereocenters. The Morgan fingerprint density at radius 1 is 1.31 bits per heavy atom. The predicted octanol–water partition coefficient (Wildman–Crippen LogP) is -0.323. The number of nitrogens with zero attached hydrogens (tertiary/aromatic N) is 1. The molecule has 2 N–H and O–H groups in total. The number of fused-ring (bicyclic) bond motifs is 1. The Balaban J connectivity index is 2.25. The lowest BCUT2D eigenvalue weighted by Gasteiger charge is -2.24. The molecule has 2 heterocycles. The second-order valence-electron chi connectivity index (χ2n) is 4.03. The van der Waals surface area contributed by atoms with Gasteiger partial charge in [-0.2, -0.15) is 0 Å². The standard InChI is InChI=1S/C8H13F2NO2/c1-4-2-11-3-5(12)6(13)7(11)8(4,9)10/h4-7,12-13H,2-3H2,1H3. The number of rotatable bonds is 0. The van der Waals surface area contributed by atoms with Crippen LogP contribution >= 0.6 is 0 Å². The molecule has 0 amide bonds. The van der Waals surface area contributed by atoms with E-state index in [1.807, 2.05) is 0 Å². The second-order valence-corrected chi connectivity index (χ2v) is 4.03. The van der Waals surface area contributed by atoms with Gasteiger partial charge in [-0.1, -0.05) is 6.92 Å². The van der Waals surface area contributed by atoms with Crippen molar-refractivity contribution in [3.8, 4) is 0 Å². The lowest BCUT2D eigenvalue weighted by Crippen LogP contribution is -2.44. The lowest BCUT2D eigenvalue weighted by molar-refractivity contribution is -0.0938. The zero-order chi connectivity index (χ0) is 9.80. The fourth-order valence-corrected chi connectivity index (χ4v) is 2.31. The molecular formula is C8H13F2NO2. The van der Waals surface area contributed by atoms with Gasteiger partial charge in [-0.3, -0.25) is 4.90 Å². The second kappa shape index (κ2) is 2.62. The molecule has 2 fully saturated rings. The molecule has 3 nitrogen and oxygen atoms in total. The summed E-state index contributed by atoms with van der Waals surface area (Å²) in [5.74, 6) is -3.61. The number of aliphatic hydroxyl groups is 2. The van der Waals surface area contributed by atoms with E-state index in [4.69, 9.17) is 0 Å². The Hall–Kier alpha value is -0.260. The molecule has 0 aromatic rings. The highest BCUT2D eigenvalue weighted by atomic mass is 19.3. The van der Waals surface area contributed by atoms with Gasteiger partial charge in [-0.15, -0.1) is 0 Å². The number of hydrogen-bond donors (Lipinski definition) is 2. The largest absolute Gasteiger partial charge is 0.389 e. The summed E-state index contributed by atoms with van der Waals surface area (Å²) in [6.45, 7) is 1.88. The van der Waals surface area contributed by atoms with Gasteiger partial charge in [0.05, 0.1) is 6.10 Å². The van der Waals surface area contributed by atoms with E-state index >= 15 is 0 Å². The summed E-state index contributed by atoms with van der Waals surface area (Å²) in [4.78, 5) is 1.47. The van der Waals surface area contributed by atoms with Crippen LogP contribution in [0.25, 0.3) is 0 Å². The summed E-state index contributed by atoms with van der Waals surface area (Å²) in [6.07, 6.45) is -2.33. The Labute approximate surface area is 75.0 Å². The maximum Gasteiger partial charge on any atom is 0.269 e. The Morgan fingerprint density at radius 3 is 2.46 bits per heavy atom. The quantitative estimate of drug-likeness (QED) is 0.554. The average molecular weight is 193 g/mol. The van der Waals surface area contributed by atoms with Crippen molar-refractivity contribution >= 4 is 0 Å². The first kappa shape index (κ1) is 9.30. The van der Waals surface area contributed by atoms with Crippen LogP contribution in [0.15, 0.2) is 0 Å². The Kier molecular flexibility index (Phi) is 1.87. The molecule has 0 bridgehead atoms. The van der Waals surface area contributed by atoms with Crippen LogP contribution in [0.2, 0.25) is 0 Å². The maximum absolute atomic E-state index is 13.4. The average Bonchev–Trinajstić information content (AvgIpc) is 2.37. The van der Waals surface area contributed by atoms with Gasteiger partial charge in [0, 0.05) is 19.0 Å². The van der Waals surface area contributed by atoms with Crippen LogP contribution in [0.4, 0.5) is 8.78 Å². The maximum atomic E-state index is 13.4. The van der Waals surface area contributed by atoms with Crippen LogP contribution in [0.1, 0.15) is 6.92 Å². The number of aliphatic hydroxyl groups excluding tert-OH is 2. The molecule has 2 saturated heterocycles. The molecule has 0 aromatic heterocycles. The summed E-state index contributed by atoms with van der Waals surface area (Å²) >= 11 is 0. The zero-order valence-electron chi connectivity index (χ0n) is 7.32. The first-order chi connectivity index (χ1) is 5.94. The van der Waals surface area contributed by atoms with Gasteiger partial charge >= 0.3 is 0 Å². The van der Waals surface area contributed by atoms with Gasteiger partial charge in [-0.05, 0) is 0 Å². The van der Waals surface area contributed by atoms with Gasteiger partial charge < -0.3 is 10.2 Å². The molecule has 0 saturated carbocycles. The third-order valence-electron chi connectivity index (χ3n) is 3.09.